The van der Waals surface area contributed by atoms with Crippen LogP contribution in [0, 0.1) is 11.8 Å². The Morgan fingerprint density at radius 1 is 0.844 bits per heavy atom. The van der Waals surface area contributed by atoms with Gasteiger partial charge in [-0.25, -0.2) is 0 Å². The molecule has 0 aliphatic rings. The maximum absolute atomic E-state index is 6.33. The molecule has 0 bridgehead atoms. The van der Waals surface area contributed by atoms with Gasteiger partial charge in [-0.1, -0.05) is 70.2 Å². The van der Waals surface area contributed by atoms with Crippen LogP contribution in [0.5, 0.6) is 0 Å². The summed E-state index contributed by atoms with van der Waals surface area (Å²) < 4.78 is 0. The Morgan fingerprint density at radius 2 is 1.44 bits per heavy atom. The third kappa shape index (κ3) is 10.2. The average molecular weight is 438 g/mol. The highest BCUT2D eigenvalue weighted by Crippen LogP contribution is 2.21. The lowest BCUT2D eigenvalue weighted by Crippen LogP contribution is -2.53. The Morgan fingerprint density at radius 3 is 2.00 bits per heavy atom. The van der Waals surface area contributed by atoms with E-state index in [4.69, 9.17) is 5.73 Å². The molecule has 0 heterocycles. The number of rotatable bonds is 14. The fourth-order valence-electron chi connectivity index (χ4n) is 4.15. The van der Waals surface area contributed by atoms with E-state index in [2.05, 4.69) is 106 Å². The zero-order chi connectivity index (χ0) is 23.6. The zero-order valence-corrected chi connectivity index (χ0v) is 21.4. The Balaban J connectivity index is 2.00. The second-order valence-electron chi connectivity index (χ2n) is 10.9. The normalized spacial score (nSPS) is 13.0. The van der Waals surface area contributed by atoms with Gasteiger partial charge in [0.1, 0.15) is 0 Å². The van der Waals surface area contributed by atoms with Gasteiger partial charge >= 0.3 is 0 Å². The summed E-state index contributed by atoms with van der Waals surface area (Å²) in [5, 5.41) is 3.74. The molecule has 1 atom stereocenters. The van der Waals surface area contributed by atoms with E-state index >= 15 is 0 Å². The van der Waals surface area contributed by atoms with Crippen LogP contribution in [0.1, 0.15) is 65.5 Å². The molecular formula is C29H47N3. The number of aryl methyl sites for hydroxylation is 2. The highest BCUT2D eigenvalue weighted by atomic mass is 15.2. The van der Waals surface area contributed by atoms with Crippen molar-refractivity contribution in [3.8, 4) is 0 Å². The topological polar surface area (TPSA) is 41.3 Å². The largest absolute Gasteiger partial charge is 0.370 e. The van der Waals surface area contributed by atoms with Crippen molar-refractivity contribution in [2.24, 2.45) is 17.6 Å². The van der Waals surface area contributed by atoms with E-state index in [-0.39, 0.29) is 11.6 Å². The summed E-state index contributed by atoms with van der Waals surface area (Å²) in [6.45, 7) is 16.6. The lowest BCUT2D eigenvalue weighted by Gasteiger charge is -2.36. The van der Waals surface area contributed by atoms with Crippen molar-refractivity contribution in [1.29, 1.82) is 0 Å². The minimum atomic E-state index is -0.00242. The maximum Gasteiger partial charge on any atom is 0.0367 e. The SMILES string of the molecule is CC(C)CCN(CC(C)(C)NC[C@@H](N)CC(C)C)c1ccc(CCc2ccccc2)cc1. The highest BCUT2D eigenvalue weighted by molar-refractivity contribution is 5.48. The minimum absolute atomic E-state index is 0.00242. The van der Waals surface area contributed by atoms with Crippen LogP contribution in [0.2, 0.25) is 0 Å². The highest BCUT2D eigenvalue weighted by Gasteiger charge is 2.23. The van der Waals surface area contributed by atoms with Crippen LogP contribution in [0.3, 0.4) is 0 Å². The van der Waals surface area contributed by atoms with Crippen LogP contribution < -0.4 is 16.0 Å². The lowest BCUT2D eigenvalue weighted by molar-refractivity contribution is 0.354. The quantitative estimate of drug-likeness (QED) is 0.377. The van der Waals surface area contributed by atoms with Gasteiger partial charge in [-0.3, -0.25) is 0 Å². The lowest BCUT2D eigenvalue weighted by atomic mass is 10.00. The Labute approximate surface area is 197 Å². The Kier molecular flexibility index (Phi) is 10.7. The van der Waals surface area contributed by atoms with Gasteiger partial charge in [0, 0.05) is 36.9 Å². The third-order valence-electron chi connectivity index (χ3n) is 6.03. The van der Waals surface area contributed by atoms with E-state index in [9.17, 15) is 0 Å². The van der Waals surface area contributed by atoms with Gasteiger partial charge in [0.2, 0.25) is 0 Å². The van der Waals surface area contributed by atoms with Crippen molar-refractivity contribution in [3.63, 3.8) is 0 Å². The Hall–Kier alpha value is -1.84. The first-order valence-corrected chi connectivity index (χ1v) is 12.5. The fraction of sp³-hybridized carbons (Fsp3) is 0.586. The van der Waals surface area contributed by atoms with Crippen molar-refractivity contribution in [3.05, 3.63) is 65.7 Å². The van der Waals surface area contributed by atoms with Crippen LogP contribution in [0.15, 0.2) is 54.6 Å². The molecule has 3 nitrogen and oxygen atoms in total. The van der Waals surface area contributed by atoms with E-state index < -0.39 is 0 Å². The molecule has 0 saturated heterocycles. The average Bonchev–Trinajstić information content (AvgIpc) is 2.74. The minimum Gasteiger partial charge on any atom is -0.370 e. The summed E-state index contributed by atoms with van der Waals surface area (Å²) in [4.78, 5) is 2.54. The van der Waals surface area contributed by atoms with Crippen LogP contribution >= 0.6 is 0 Å². The second-order valence-corrected chi connectivity index (χ2v) is 10.9. The van der Waals surface area contributed by atoms with Gasteiger partial charge in [0.15, 0.2) is 0 Å². The summed E-state index contributed by atoms with van der Waals surface area (Å²) in [6, 6.07) is 20.2. The molecule has 3 heteroatoms. The smallest absolute Gasteiger partial charge is 0.0367 e. The summed E-state index contributed by atoms with van der Waals surface area (Å²) in [7, 11) is 0. The molecule has 0 amide bonds. The van der Waals surface area contributed by atoms with Gasteiger partial charge in [0.05, 0.1) is 0 Å². The standard InChI is InChI=1S/C29H47N3/c1-23(2)18-19-32(22-29(5,6)31-21-27(30)20-24(3)4)28-16-14-26(15-17-28)13-12-25-10-8-7-9-11-25/h7-11,14-17,23-24,27,31H,12-13,18-22,30H2,1-6H3/t27-/m0/s1. The van der Waals surface area contributed by atoms with Gasteiger partial charge in [0.25, 0.3) is 0 Å². The third-order valence-corrected chi connectivity index (χ3v) is 6.03. The molecule has 0 saturated carbocycles. The van der Waals surface area contributed by atoms with E-state index in [0.717, 1.165) is 38.9 Å². The predicted molar refractivity (Wildman–Crippen MR) is 141 cm³/mol. The van der Waals surface area contributed by atoms with E-state index in [1.165, 1.54) is 23.2 Å². The molecule has 2 aromatic rings. The molecule has 0 radical (unpaired) electrons. The molecule has 0 spiro atoms. The number of hydrogen-bond donors (Lipinski definition) is 2. The van der Waals surface area contributed by atoms with E-state index in [0.29, 0.717) is 11.8 Å². The monoisotopic (exact) mass is 437 g/mol. The number of nitrogens with zero attached hydrogens (tertiary/aromatic N) is 1. The number of anilines is 1. The molecule has 0 unspecified atom stereocenters. The van der Waals surface area contributed by atoms with Gasteiger partial charge < -0.3 is 16.0 Å². The van der Waals surface area contributed by atoms with E-state index in [1.54, 1.807) is 0 Å². The van der Waals surface area contributed by atoms with Crippen molar-refractivity contribution >= 4 is 5.69 Å². The summed E-state index contributed by atoms with van der Waals surface area (Å²) in [5.41, 5.74) is 10.4. The van der Waals surface area contributed by atoms with Crippen molar-refractivity contribution in [2.75, 3.05) is 24.5 Å². The molecule has 32 heavy (non-hydrogen) atoms. The molecular weight excluding hydrogens is 390 g/mol. The number of nitrogens with one attached hydrogen (secondary N) is 1. The molecule has 2 rings (SSSR count). The molecule has 3 N–H and O–H groups in total. The van der Waals surface area contributed by atoms with Gasteiger partial charge in [-0.2, -0.15) is 0 Å². The first-order valence-electron chi connectivity index (χ1n) is 12.5. The van der Waals surface area contributed by atoms with Gasteiger partial charge in [-0.15, -0.1) is 0 Å². The van der Waals surface area contributed by atoms with Crippen molar-refractivity contribution < 1.29 is 0 Å². The first-order chi connectivity index (χ1) is 15.1. The number of nitrogens with two attached hydrogens (primary N) is 1. The van der Waals surface area contributed by atoms with Crippen molar-refractivity contribution in [1.82, 2.24) is 5.32 Å². The van der Waals surface area contributed by atoms with Crippen LogP contribution in [0.25, 0.3) is 0 Å². The number of benzene rings is 2. The predicted octanol–water partition coefficient (Wildman–Crippen LogP) is 6.07. The van der Waals surface area contributed by atoms with Gasteiger partial charge in [-0.05, 0) is 74.6 Å². The molecule has 0 fully saturated rings. The summed E-state index contributed by atoms with van der Waals surface area (Å²) >= 11 is 0. The van der Waals surface area contributed by atoms with Crippen LogP contribution in [0.4, 0.5) is 5.69 Å². The maximum atomic E-state index is 6.33. The van der Waals surface area contributed by atoms with Crippen LogP contribution in [-0.2, 0) is 12.8 Å². The Bertz CT molecular complexity index is 750. The van der Waals surface area contributed by atoms with Crippen LogP contribution in [-0.4, -0.2) is 31.2 Å². The first kappa shape index (κ1) is 26.4. The fourth-order valence-corrected chi connectivity index (χ4v) is 4.15. The zero-order valence-electron chi connectivity index (χ0n) is 21.4. The second kappa shape index (κ2) is 13.0. The number of hydrogen-bond acceptors (Lipinski definition) is 3. The van der Waals surface area contributed by atoms with Crippen molar-refractivity contribution in [2.45, 2.75) is 78.8 Å². The summed E-state index contributed by atoms with van der Waals surface area (Å²) in [5.74, 6) is 1.33. The van der Waals surface area contributed by atoms with E-state index in [1.807, 2.05) is 0 Å². The molecule has 2 aromatic carbocycles. The molecule has 0 aromatic heterocycles. The molecule has 0 aliphatic heterocycles. The molecule has 178 valence electrons. The summed E-state index contributed by atoms with van der Waals surface area (Å²) in [6.07, 6.45) is 4.42. The molecule has 0 aliphatic carbocycles.